The van der Waals surface area contributed by atoms with E-state index in [4.69, 9.17) is 0 Å². The van der Waals surface area contributed by atoms with Crippen molar-refractivity contribution in [3.63, 3.8) is 0 Å². The van der Waals surface area contributed by atoms with Crippen LogP contribution in [0.5, 0.6) is 0 Å². The lowest BCUT2D eigenvalue weighted by atomic mass is 10.2. The summed E-state index contributed by atoms with van der Waals surface area (Å²) in [5, 5.41) is 6.87. The Morgan fingerprint density at radius 2 is 1.88 bits per heavy atom. The Labute approximate surface area is 138 Å². The van der Waals surface area contributed by atoms with Crippen LogP contribution < -0.4 is 5.32 Å². The van der Waals surface area contributed by atoms with Crippen molar-refractivity contribution >= 4 is 22.6 Å². The van der Waals surface area contributed by atoms with E-state index in [0.717, 1.165) is 22.4 Å². The zero-order valence-electron chi connectivity index (χ0n) is 13.0. The number of nitrogens with one attached hydrogen (secondary N) is 1. The van der Waals surface area contributed by atoms with Crippen molar-refractivity contribution in [3.8, 4) is 5.69 Å². The molecule has 1 amide bonds. The van der Waals surface area contributed by atoms with Crippen LogP contribution in [0, 0.1) is 0 Å². The number of carbonyl (C=O) groups excluding carboxylic acids is 1. The van der Waals surface area contributed by atoms with Crippen LogP contribution in [0.2, 0.25) is 0 Å². The Bertz CT molecular complexity index is 1010. The minimum absolute atomic E-state index is 0.177. The van der Waals surface area contributed by atoms with Gasteiger partial charge >= 0.3 is 0 Å². The highest BCUT2D eigenvalue weighted by atomic mass is 16.1. The molecule has 0 saturated carbocycles. The number of rotatable bonds is 3. The molecule has 0 aliphatic heterocycles. The summed E-state index contributed by atoms with van der Waals surface area (Å²) in [6, 6.07) is 15.6. The summed E-state index contributed by atoms with van der Waals surface area (Å²) in [7, 11) is 1.78. The van der Waals surface area contributed by atoms with Crippen LogP contribution in [-0.2, 0) is 7.05 Å². The molecule has 2 heterocycles. The zero-order chi connectivity index (χ0) is 16.5. The second-order valence-electron chi connectivity index (χ2n) is 5.51. The van der Waals surface area contributed by atoms with Crippen LogP contribution in [0.3, 0.4) is 0 Å². The molecule has 2 aromatic heterocycles. The first-order valence-electron chi connectivity index (χ1n) is 7.53. The molecule has 6 heteroatoms. The maximum Gasteiger partial charge on any atom is 0.258 e. The molecule has 118 valence electrons. The van der Waals surface area contributed by atoms with E-state index in [1.54, 1.807) is 30.5 Å². The lowest BCUT2D eigenvalue weighted by Crippen LogP contribution is -2.11. The summed E-state index contributed by atoms with van der Waals surface area (Å²) in [6.45, 7) is 0. The number of aromatic nitrogens is 4. The summed E-state index contributed by atoms with van der Waals surface area (Å²) in [5.41, 5.74) is 4.25. The van der Waals surface area contributed by atoms with Crippen LogP contribution in [0.25, 0.3) is 16.7 Å². The average Bonchev–Trinajstić information content (AvgIpc) is 3.22. The molecule has 0 unspecified atom stereocenters. The van der Waals surface area contributed by atoms with E-state index in [1.807, 2.05) is 53.1 Å². The Balaban J connectivity index is 1.57. The highest BCUT2D eigenvalue weighted by Crippen LogP contribution is 2.19. The number of hydrogen-bond donors (Lipinski definition) is 1. The number of fused-ring (bicyclic) bond motifs is 1. The lowest BCUT2D eigenvalue weighted by molar-refractivity contribution is 0.102. The Morgan fingerprint density at radius 1 is 1.08 bits per heavy atom. The molecule has 0 fully saturated rings. The smallest absolute Gasteiger partial charge is 0.258 e. The van der Waals surface area contributed by atoms with E-state index >= 15 is 0 Å². The Morgan fingerprint density at radius 3 is 2.62 bits per heavy atom. The van der Waals surface area contributed by atoms with Crippen LogP contribution >= 0.6 is 0 Å². The molecule has 4 rings (SSSR count). The zero-order valence-corrected chi connectivity index (χ0v) is 13.0. The normalized spacial score (nSPS) is 10.9. The summed E-state index contributed by atoms with van der Waals surface area (Å²) in [4.78, 5) is 16.5. The second-order valence-corrected chi connectivity index (χ2v) is 5.51. The third-order valence-electron chi connectivity index (χ3n) is 3.82. The van der Waals surface area contributed by atoms with Gasteiger partial charge in [0, 0.05) is 24.6 Å². The van der Waals surface area contributed by atoms with Gasteiger partial charge in [0.2, 0.25) is 0 Å². The monoisotopic (exact) mass is 317 g/mol. The van der Waals surface area contributed by atoms with Crippen LogP contribution in [0.4, 0.5) is 5.69 Å². The van der Waals surface area contributed by atoms with Gasteiger partial charge in [-0.05, 0) is 36.4 Å². The van der Waals surface area contributed by atoms with Crippen molar-refractivity contribution in [2.24, 2.45) is 7.05 Å². The van der Waals surface area contributed by atoms with Crippen LogP contribution in [0.1, 0.15) is 10.4 Å². The molecule has 4 aromatic rings. The molecular weight excluding hydrogens is 302 g/mol. The maximum atomic E-state index is 12.1. The molecule has 0 radical (unpaired) electrons. The van der Waals surface area contributed by atoms with Gasteiger partial charge in [-0.1, -0.05) is 12.1 Å². The van der Waals surface area contributed by atoms with E-state index in [2.05, 4.69) is 15.4 Å². The predicted octanol–water partition coefficient (Wildman–Crippen LogP) is 3.01. The van der Waals surface area contributed by atoms with Gasteiger partial charge in [-0.2, -0.15) is 5.10 Å². The number of hydrogen-bond acceptors (Lipinski definition) is 3. The fourth-order valence-corrected chi connectivity index (χ4v) is 2.61. The van der Waals surface area contributed by atoms with Gasteiger partial charge in [-0.25, -0.2) is 4.98 Å². The first kappa shape index (κ1) is 14.2. The first-order chi connectivity index (χ1) is 11.7. The molecule has 24 heavy (non-hydrogen) atoms. The van der Waals surface area contributed by atoms with Crippen LogP contribution in [-0.4, -0.2) is 25.2 Å². The van der Waals surface area contributed by atoms with E-state index in [1.165, 1.54) is 0 Å². The van der Waals surface area contributed by atoms with Gasteiger partial charge in [0.1, 0.15) is 6.33 Å². The minimum Gasteiger partial charge on any atom is -0.322 e. The average molecular weight is 317 g/mol. The quantitative estimate of drug-likeness (QED) is 0.632. The summed E-state index contributed by atoms with van der Waals surface area (Å²) in [6.07, 6.45) is 5.02. The molecule has 0 aliphatic carbocycles. The van der Waals surface area contributed by atoms with Crippen molar-refractivity contribution in [2.45, 2.75) is 0 Å². The standard InChI is InChI=1S/C18H15N5O/c1-22-11-13(10-20-22)18(24)21-14-6-8-15(9-7-14)23-12-19-16-4-2-3-5-17(16)23/h2-12H,1H3,(H,21,24). The van der Waals surface area contributed by atoms with Gasteiger partial charge in [-0.15, -0.1) is 0 Å². The highest BCUT2D eigenvalue weighted by molar-refractivity contribution is 6.03. The van der Waals surface area contributed by atoms with Crippen molar-refractivity contribution in [2.75, 3.05) is 5.32 Å². The van der Waals surface area contributed by atoms with Gasteiger partial charge in [0.25, 0.3) is 5.91 Å². The SMILES string of the molecule is Cn1cc(C(=O)Nc2ccc(-n3cnc4ccccc43)cc2)cn1. The minimum atomic E-state index is -0.177. The molecule has 0 atom stereocenters. The van der Waals surface area contributed by atoms with E-state index in [0.29, 0.717) is 5.56 Å². The third-order valence-corrected chi connectivity index (χ3v) is 3.82. The maximum absolute atomic E-state index is 12.1. The molecule has 2 aromatic carbocycles. The van der Waals surface area contributed by atoms with Crippen LogP contribution in [0.15, 0.2) is 67.3 Å². The number of nitrogens with zero attached hydrogens (tertiary/aromatic N) is 4. The van der Waals surface area contributed by atoms with Crippen molar-refractivity contribution in [3.05, 3.63) is 72.8 Å². The van der Waals surface area contributed by atoms with Crippen molar-refractivity contribution in [1.29, 1.82) is 0 Å². The molecule has 1 N–H and O–H groups in total. The molecule has 0 saturated heterocycles. The molecule has 0 bridgehead atoms. The molecule has 0 aliphatic rings. The second kappa shape index (κ2) is 5.66. The van der Waals surface area contributed by atoms with Gasteiger partial charge < -0.3 is 5.32 Å². The van der Waals surface area contributed by atoms with Gasteiger partial charge in [0.15, 0.2) is 0 Å². The van der Waals surface area contributed by atoms with Gasteiger partial charge in [-0.3, -0.25) is 14.0 Å². The molecule has 6 nitrogen and oxygen atoms in total. The topological polar surface area (TPSA) is 64.7 Å². The lowest BCUT2D eigenvalue weighted by Gasteiger charge is -2.07. The molecular formula is C18H15N5O. The van der Waals surface area contributed by atoms with E-state index in [9.17, 15) is 4.79 Å². The number of imidazole rings is 1. The number of aryl methyl sites for hydroxylation is 1. The molecule has 0 spiro atoms. The number of amides is 1. The Hall–Kier alpha value is -3.41. The number of carbonyl (C=O) groups is 1. The Kier molecular flexibility index (Phi) is 3.35. The fourth-order valence-electron chi connectivity index (χ4n) is 2.61. The largest absolute Gasteiger partial charge is 0.322 e. The van der Waals surface area contributed by atoms with Crippen molar-refractivity contribution in [1.82, 2.24) is 19.3 Å². The number of para-hydroxylation sites is 2. The third kappa shape index (κ3) is 2.54. The van der Waals surface area contributed by atoms with E-state index in [-0.39, 0.29) is 5.91 Å². The number of anilines is 1. The first-order valence-corrected chi connectivity index (χ1v) is 7.53. The van der Waals surface area contributed by atoms with Crippen molar-refractivity contribution < 1.29 is 4.79 Å². The predicted molar refractivity (Wildman–Crippen MR) is 92.2 cm³/mol. The van der Waals surface area contributed by atoms with Gasteiger partial charge in [0.05, 0.1) is 22.8 Å². The fraction of sp³-hybridized carbons (Fsp3) is 0.0556. The summed E-state index contributed by atoms with van der Waals surface area (Å²) >= 11 is 0. The van der Waals surface area contributed by atoms with E-state index < -0.39 is 0 Å². The summed E-state index contributed by atoms with van der Waals surface area (Å²) in [5.74, 6) is -0.177. The highest BCUT2D eigenvalue weighted by Gasteiger charge is 2.09. The summed E-state index contributed by atoms with van der Waals surface area (Å²) < 4.78 is 3.62. The number of benzene rings is 2.